The molecule has 3 aliphatic rings. The third-order valence-corrected chi connectivity index (χ3v) is 5.91. The van der Waals surface area contributed by atoms with Crippen LogP contribution in [0.2, 0.25) is 0 Å². The highest BCUT2D eigenvalue weighted by Gasteiger charge is 2.53. The molecule has 3 atom stereocenters. The standard InChI is InChI=1S/C19H24F2N2O2/c20-19(21)9-16(17(24)25)23(12-19)11-18(6-7-18)10-22-15-8-14(15)13-4-2-1-3-5-13/h1-5,14-16,22H,6-12H2,(H,24,25)/t14-,15+,16-/m0/s1. The van der Waals surface area contributed by atoms with Crippen LogP contribution in [0.1, 0.15) is 37.2 Å². The van der Waals surface area contributed by atoms with Crippen LogP contribution in [0, 0.1) is 5.41 Å². The minimum atomic E-state index is -2.89. The van der Waals surface area contributed by atoms with Gasteiger partial charge >= 0.3 is 5.97 Å². The van der Waals surface area contributed by atoms with Crippen molar-refractivity contribution in [1.29, 1.82) is 0 Å². The smallest absolute Gasteiger partial charge is 0.321 e. The Bertz CT molecular complexity index is 648. The van der Waals surface area contributed by atoms with E-state index in [1.165, 1.54) is 10.5 Å². The Morgan fingerprint density at radius 2 is 2.00 bits per heavy atom. The lowest BCUT2D eigenvalue weighted by Gasteiger charge is -2.26. The van der Waals surface area contributed by atoms with E-state index in [4.69, 9.17) is 0 Å². The Morgan fingerprint density at radius 1 is 1.28 bits per heavy atom. The van der Waals surface area contributed by atoms with Gasteiger partial charge in [-0.25, -0.2) is 8.78 Å². The van der Waals surface area contributed by atoms with Gasteiger partial charge in [0, 0.05) is 31.5 Å². The van der Waals surface area contributed by atoms with E-state index >= 15 is 0 Å². The Labute approximate surface area is 146 Å². The first-order chi connectivity index (χ1) is 11.9. The number of aliphatic carboxylic acids is 1. The third-order valence-electron chi connectivity index (χ3n) is 5.91. The molecule has 0 radical (unpaired) electrons. The molecule has 2 N–H and O–H groups in total. The second-order valence-electron chi connectivity index (χ2n) is 8.06. The molecule has 1 aromatic rings. The van der Waals surface area contributed by atoms with Gasteiger partial charge in [0.15, 0.2) is 0 Å². The van der Waals surface area contributed by atoms with E-state index in [1.807, 2.05) is 18.2 Å². The maximum atomic E-state index is 13.6. The lowest BCUT2D eigenvalue weighted by atomic mass is 10.1. The van der Waals surface area contributed by atoms with Crippen molar-refractivity contribution in [3.63, 3.8) is 0 Å². The fourth-order valence-electron chi connectivity index (χ4n) is 4.13. The van der Waals surface area contributed by atoms with Crippen LogP contribution in [0.3, 0.4) is 0 Å². The number of halogens is 2. The maximum absolute atomic E-state index is 13.6. The molecule has 4 nitrogen and oxygen atoms in total. The fraction of sp³-hybridized carbons (Fsp3) is 0.632. The highest BCUT2D eigenvalue weighted by molar-refractivity contribution is 5.74. The number of rotatable bonds is 7. The van der Waals surface area contributed by atoms with Crippen LogP contribution >= 0.6 is 0 Å². The number of hydrogen-bond acceptors (Lipinski definition) is 3. The van der Waals surface area contributed by atoms with Crippen LogP contribution in [0.25, 0.3) is 0 Å². The molecule has 0 amide bonds. The van der Waals surface area contributed by atoms with Crippen molar-refractivity contribution >= 4 is 5.97 Å². The van der Waals surface area contributed by atoms with Crippen LogP contribution in [0.15, 0.2) is 30.3 Å². The first kappa shape index (κ1) is 16.9. The van der Waals surface area contributed by atoms with E-state index in [-0.39, 0.29) is 5.41 Å². The Hall–Kier alpha value is -1.53. The maximum Gasteiger partial charge on any atom is 0.321 e. The van der Waals surface area contributed by atoms with Gasteiger partial charge in [-0.3, -0.25) is 9.69 Å². The number of alkyl halides is 2. The summed E-state index contributed by atoms with van der Waals surface area (Å²) in [7, 11) is 0. The van der Waals surface area contributed by atoms with Gasteiger partial charge in [0.05, 0.1) is 6.54 Å². The van der Waals surface area contributed by atoms with Gasteiger partial charge in [-0.05, 0) is 30.2 Å². The molecule has 0 bridgehead atoms. The number of hydrogen-bond donors (Lipinski definition) is 2. The molecule has 1 aliphatic heterocycles. The Morgan fingerprint density at radius 3 is 2.64 bits per heavy atom. The van der Waals surface area contributed by atoms with E-state index in [2.05, 4.69) is 17.4 Å². The van der Waals surface area contributed by atoms with Crippen molar-refractivity contribution in [2.75, 3.05) is 19.6 Å². The summed E-state index contributed by atoms with van der Waals surface area (Å²) in [6.07, 6.45) is 2.51. The average molecular weight is 350 g/mol. The summed E-state index contributed by atoms with van der Waals surface area (Å²) in [4.78, 5) is 12.8. The molecule has 1 aromatic carbocycles. The normalized spacial score (nSPS) is 32.5. The lowest BCUT2D eigenvalue weighted by molar-refractivity contribution is -0.142. The van der Waals surface area contributed by atoms with Gasteiger partial charge in [0.1, 0.15) is 6.04 Å². The summed E-state index contributed by atoms with van der Waals surface area (Å²) in [5.74, 6) is -3.48. The molecule has 2 saturated carbocycles. The van der Waals surface area contributed by atoms with Gasteiger partial charge < -0.3 is 10.4 Å². The van der Waals surface area contributed by atoms with Gasteiger partial charge in [0.25, 0.3) is 5.92 Å². The Kier molecular flexibility index (Phi) is 4.07. The van der Waals surface area contributed by atoms with E-state index < -0.39 is 30.9 Å². The summed E-state index contributed by atoms with van der Waals surface area (Å²) >= 11 is 0. The summed E-state index contributed by atoms with van der Waals surface area (Å²) in [5.41, 5.74) is 1.31. The molecular formula is C19H24F2N2O2. The van der Waals surface area contributed by atoms with Crippen molar-refractivity contribution < 1.29 is 18.7 Å². The van der Waals surface area contributed by atoms with Gasteiger partial charge in [-0.1, -0.05) is 30.3 Å². The third kappa shape index (κ3) is 3.70. The second-order valence-corrected chi connectivity index (χ2v) is 8.06. The highest BCUT2D eigenvalue weighted by atomic mass is 19.3. The topological polar surface area (TPSA) is 52.6 Å². The molecule has 0 unspecified atom stereocenters. The monoisotopic (exact) mass is 350 g/mol. The predicted octanol–water partition coefficient (Wildman–Crippen LogP) is 2.71. The van der Waals surface area contributed by atoms with E-state index in [9.17, 15) is 18.7 Å². The van der Waals surface area contributed by atoms with E-state index in [0.717, 1.165) is 25.8 Å². The summed E-state index contributed by atoms with van der Waals surface area (Å²) < 4.78 is 27.3. The number of nitrogens with one attached hydrogen (secondary N) is 1. The van der Waals surface area contributed by atoms with Crippen LogP contribution < -0.4 is 5.32 Å². The van der Waals surface area contributed by atoms with E-state index in [0.29, 0.717) is 18.5 Å². The van der Waals surface area contributed by atoms with Crippen LogP contribution in [-0.2, 0) is 4.79 Å². The molecule has 0 spiro atoms. The molecule has 1 saturated heterocycles. The van der Waals surface area contributed by atoms with Crippen molar-refractivity contribution in [1.82, 2.24) is 10.2 Å². The minimum Gasteiger partial charge on any atom is -0.480 e. The lowest BCUT2D eigenvalue weighted by Crippen LogP contribution is -2.42. The highest BCUT2D eigenvalue weighted by Crippen LogP contribution is 2.49. The zero-order valence-corrected chi connectivity index (χ0v) is 14.1. The number of carboxylic acids is 1. The van der Waals surface area contributed by atoms with Crippen molar-refractivity contribution in [2.45, 2.75) is 49.6 Å². The second kappa shape index (κ2) is 6.02. The first-order valence-corrected chi connectivity index (χ1v) is 9.01. The Balaban J connectivity index is 1.31. The molecule has 25 heavy (non-hydrogen) atoms. The zero-order valence-electron chi connectivity index (χ0n) is 14.1. The number of carbonyl (C=O) groups is 1. The minimum absolute atomic E-state index is 0.0298. The molecule has 0 aromatic heterocycles. The van der Waals surface area contributed by atoms with Crippen LogP contribution in [-0.4, -0.2) is 53.6 Å². The van der Waals surface area contributed by atoms with Crippen molar-refractivity contribution in [3.05, 3.63) is 35.9 Å². The summed E-state index contributed by atoms with van der Waals surface area (Å²) in [6.45, 7) is 0.812. The quantitative estimate of drug-likeness (QED) is 0.794. The summed E-state index contributed by atoms with van der Waals surface area (Å²) in [5, 5.41) is 12.8. The number of carboxylic acid groups (broad SMARTS) is 1. The largest absolute Gasteiger partial charge is 0.480 e. The van der Waals surface area contributed by atoms with Crippen molar-refractivity contribution in [3.8, 4) is 0 Å². The molecule has 136 valence electrons. The van der Waals surface area contributed by atoms with Gasteiger partial charge in [-0.2, -0.15) is 0 Å². The van der Waals surface area contributed by atoms with E-state index in [1.54, 1.807) is 0 Å². The van der Waals surface area contributed by atoms with Crippen LogP contribution in [0.4, 0.5) is 8.78 Å². The molecule has 3 fully saturated rings. The summed E-state index contributed by atoms with van der Waals surface area (Å²) in [6, 6.07) is 9.80. The van der Waals surface area contributed by atoms with Gasteiger partial charge in [-0.15, -0.1) is 0 Å². The number of likely N-dealkylation sites (tertiary alicyclic amines) is 1. The predicted molar refractivity (Wildman–Crippen MR) is 89.8 cm³/mol. The number of nitrogens with zero attached hydrogens (tertiary/aromatic N) is 1. The molecule has 4 rings (SSSR count). The van der Waals surface area contributed by atoms with Crippen LogP contribution in [0.5, 0.6) is 0 Å². The fourth-order valence-corrected chi connectivity index (χ4v) is 4.13. The molecule has 2 aliphatic carbocycles. The zero-order chi connectivity index (χ0) is 17.7. The number of benzene rings is 1. The SMILES string of the molecule is O=C(O)[C@@H]1CC(F)(F)CN1CC1(CN[C@@H]2C[C@H]2c2ccccc2)CC1. The van der Waals surface area contributed by atoms with Gasteiger partial charge in [0.2, 0.25) is 0 Å². The molecular weight excluding hydrogens is 326 g/mol. The average Bonchev–Trinajstić information content (AvgIpc) is 3.46. The molecule has 6 heteroatoms. The molecule has 1 heterocycles. The first-order valence-electron chi connectivity index (χ1n) is 9.01. The van der Waals surface area contributed by atoms with Crippen molar-refractivity contribution in [2.24, 2.45) is 5.41 Å².